The smallest absolute Gasteiger partial charge is 0.323 e. The summed E-state index contributed by atoms with van der Waals surface area (Å²) in [7, 11) is 0. The van der Waals surface area contributed by atoms with Crippen molar-refractivity contribution in [2.45, 2.75) is 45.0 Å². The van der Waals surface area contributed by atoms with Gasteiger partial charge in [-0.05, 0) is 61.3 Å². The molecule has 3 aromatic rings. The number of halogens is 2. The number of carbonyl (C=O) groups excluding carboxylic acids is 1. The molecule has 0 aliphatic carbocycles. The fourth-order valence-corrected chi connectivity index (χ4v) is 4.71. The number of para-hydroxylation sites is 1. The Morgan fingerprint density at radius 3 is 2.36 bits per heavy atom. The fourth-order valence-electron chi connectivity index (χ4n) is 4.18. The van der Waals surface area contributed by atoms with Crippen LogP contribution in [0.2, 0.25) is 10.0 Å². The van der Waals surface area contributed by atoms with Crippen LogP contribution in [0.3, 0.4) is 0 Å². The SMILES string of the molecule is O=C(Nc1cc(Cl)cc(Cl)c1)Nc1ccccc1COCCOCCCCCCNC[C@H](O)c1ccc(O)c(CO)c1. The molecule has 42 heavy (non-hydrogen) atoms. The monoisotopic (exact) mass is 619 g/mol. The molecule has 0 heterocycles. The summed E-state index contributed by atoms with van der Waals surface area (Å²) < 4.78 is 11.4. The number of aliphatic hydroxyl groups is 2. The van der Waals surface area contributed by atoms with Gasteiger partial charge in [0.25, 0.3) is 0 Å². The summed E-state index contributed by atoms with van der Waals surface area (Å²) in [5.74, 6) is 0.0254. The van der Waals surface area contributed by atoms with Crippen molar-refractivity contribution >= 4 is 40.6 Å². The van der Waals surface area contributed by atoms with Crippen molar-refractivity contribution in [2.75, 3.05) is 43.5 Å². The third-order valence-electron chi connectivity index (χ3n) is 6.40. The zero-order valence-electron chi connectivity index (χ0n) is 23.5. The van der Waals surface area contributed by atoms with Gasteiger partial charge in [0.1, 0.15) is 5.75 Å². The molecule has 3 rings (SSSR count). The summed E-state index contributed by atoms with van der Waals surface area (Å²) >= 11 is 12.0. The molecule has 0 aliphatic rings. The first-order chi connectivity index (χ1) is 20.4. The van der Waals surface area contributed by atoms with Gasteiger partial charge in [0.05, 0.1) is 32.5 Å². The number of urea groups is 1. The molecule has 3 aromatic carbocycles. The topological polar surface area (TPSA) is 132 Å². The molecule has 2 amide bonds. The van der Waals surface area contributed by atoms with Crippen LogP contribution in [0.25, 0.3) is 0 Å². The van der Waals surface area contributed by atoms with Crippen molar-refractivity contribution in [3.8, 4) is 5.75 Å². The van der Waals surface area contributed by atoms with E-state index in [9.17, 15) is 20.1 Å². The molecular formula is C31H39Cl2N3O6. The Bertz CT molecular complexity index is 1240. The van der Waals surface area contributed by atoms with Gasteiger partial charge >= 0.3 is 6.03 Å². The van der Waals surface area contributed by atoms with Crippen molar-refractivity contribution in [3.63, 3.8) is 0 Å². The number of hydrogen-bond donors (Lipinski definition) is 6. The van der Waals surface area contributed by atoms with Gasteiger partial charge in [0, 0.05) is 45.7 Å². The molecule has 228 valence electrons. The number of hydrogen-bond acceptors (Lipinski definition) is 7. The standard InChI is InChI=1S/C31H39Cl2N3O6/c32-25-16-26(33)18-27(17-25)35-31(40)36-28-8-4-3-7-23(28)21-42-14-13-41-12-6-2-1-5-11-34-19-30(39)22-9-10-29(38)24(15-22)20-37/h3-4,7-10,15-18,30,34,37-39H,1-2,5-6,11-14,19-21H2,(H2,35,36,40)/t30-/m0/s1. The maximum Gasteiger partial charge on any atom is 0.323 e. The number of unbranched alkanes of at least 4 members (excludes halogenated alkanes) is 3. The van der Waals surface area contributed by atoms with Crippen LogP contribution in [0.5, 0.6) is 5.75 Å². The molecule has 0 spiro atoms. The van der Waals surface area contributed by atoms with E-state index in [2.05, 4.69) is 16.0 Å². The lowest BCUT2D eigenvalue weighted by Crippen LogP contribution is -2.22. The summed E-state index contributed by atoms with van der Waals surface area (Å²) in [6.07, 6.45) is 3.35. The number of phenols is 1. The predicted molar refractivity (Wildman–Crippen MR) is 166 cm³/mol. The van der Waals surface area contributed by atoms with E-state index >= 15 is 0 Å². The molecule has 0 unspecified atom stereocenters. The molecule has 1 atom stereocenters. The molecule has 0 aromatic heterocycles. The number of aromatic hydroxyl groups is 1. The highest BCUT2D eigenvalue weighted by atomic mass is 35.5. The third kappa shape index (κ3) is 12.1. The van der Waals surface area contributed by atoms with Crippen molar-refractivity contribution in [2.24, 2.45) is 0 Å². The highest BCUT2D eigenvalue weighted by molar-refractivity contribution is 6.35. The van der Waals surface area contributed by atoms with E-state index < -0.39 is 12.1 Å². The normalized spacial score (nSPS) is 11.8. The van der Waals surface area contributed by atoms with Gasteiger partial charge in [0.2, 0.25) is 0 Å². The van der Waals surface area contributed by atoms with Gasteiger partial charge in [-0.15, -0.1) is 0 Å². The zero-order valence-corrected chi connectivity index (χ0v) is 25.0. The molecule has 9 nitrogen and oxygen atoms in total. The van der Waals surface area contributed by atoms with E-state index in [1.165, 1.54) is 6.07 Å². The Morgan fingerprint density at radius 2 is 1.57 bits per heavy atom. The molecule has 6 N–H and O–H groups in total. The second-order valence-electron chi connectivity index (χ2n) is 9.74. The predicted octanol–water partition coefficient (Wildman–Crippen LogP) is 6.25. The number of ether oxygens (including phenoxy) is 2. The van der Waals surface area contributed by atoms with Gasteiger partial charge in [0.15, 0.2) is 0 Å². The first-order valence-electron chi connectivity index (χ1n) is 13.9. The zero-order chi connectivity index (χ0) is 30.2. The van der Waals surface area contributed by atoms with Crippen LogP contribution < -0.4 is 16.0 Å². The van der Waals surface area contributed by atoms with Gasteiger partial charge in [-0.1, -0.05) is 60.3 Å². The summed E-state index contributed by atoms with van der Waals surface area (Å²) in [5, 5.41) is 38.8. The van der Waals surface area contributed by atoms with E-state index in [0.29, 0.717) is 65.5 Å². The minimum absolute atomic E-state index is 0.0254. The average molecular weight is 621 g/mol. The summed E-state index contributed by atoms with van der Waals surface area (Å²) in [4.78, 5) is 12.4. The van der Waals surface area contributed by atoms with Crippen molar-refractivity contribution in [1.29, 1.82) is 0 Å². The van der Waals surface area contributed by atoms with E-state index in [-0.39, 0.29) is 12.4 Å². The Hall–Kier alpha value is -2.89. The first kappa shape index (κ1) is 33.6. The van der Waals surface area contributed by atoms with Crippen LogP contribution in [0, 0.1) is 0 Å². The Labute approximate surface area is 256 Å². The average Bonchev–Trinajstić information content (AvgIpc) is 2.95. The second kappa shape index (κ2) is 18.6. The Balaban J connectivity index is 1.20. The number of carbonyl (C=O) groups is 1. The molecule has 0 bridgehead atoms. The van der Waals surface area contributed by atoms with E-state index in [4.69, 9.17) is 32.7 Å². The highest BCUT2D eigenvalue weighted by Gasteiger charge is 2.10. The number of amides is 2. The van der Waals surface area contributed by atoms with E-state index in [1.54, 1.807) is 36.4 Å². The van der Waals surface area contributed by atoms with Crippen molar-refractivity contribution in [1.82, 2.24) is 5.32 Å². The largest absolute Gasteiger partial charge is 0.508 e. The number of anilines is 2. The van der Waals surface area contributed by atoms with Crippen LogP contribution in [-0.2, 0) is 22.7 Å². The molecule has 0 aliphatic heterocycles. The lowest BCUT2D eigenvalue weighted by Gasteiger charge is -2.14. The Kier molecular flexibility index (Phi) is 14.9. The second-order valence-corrected chi connectivity index (χ2v) is 10.6. The van der Waals surface area contributed by atoms with Crippen LogP contribution >= 0.6 is 23.2 Å². The molecule has 0 fully saturated rings. The van der Waals surface area contributed by atoms with Crippen LogP contribution in [0.1, 0.15) is 48.5 Å². The number of rotatable bonds is 18. The van der Waals surface area contributed by atoms with Crippen LogP contribution in [-0.4, -0.2) is 54.3 Å². The van der Waals surface area contributed by atoms with Gasteiger partial charge in [-0.2, -0.15) is 0 Å². The van der Waals surface area contributed by atoms with Crippen molar-refractivity contribution in [3.05, 3.63) is 87.4 Å². The Morgan fingerprint density at radius 1 is 0.833 bits per heavy atom. The van der Waals surface area contributed by atoms with E-state index in [0.717, 1.165) is 37.8 Å². The molecule has 0 saturated heterocycles. The quantitative estimate of drug-likeness (QED) is 0.0927. The van der Waals surface area contributed by atoms with Crippen molar-refractivity contribution < 1.29 is 29.6 Å². The van der Waals surface area contributed by atoms with Gasteiger partial charge < -0.3 is 40.7 Å². The first-order valence-corrected chi connectivity index (χ1v) is 14.7. The lowest BCUT2D eigenvalue weighted by atomic mass is 10.1. The summed E-state index contributed by atoms with van der Waals surface area (Å²) in [6, 6.07) is 16.6. The van der Waals surface area contributed by atoms with E-state index in [1.807, 2.05) is 18.2 Å². The number of aliphatic hydroxyl groups excluding tert-OH is 2. The summed E-state index contributed by atoms with van der Waals surface area (Å²) in [5.41, 5.74) is 3.05. The summed E-state index contributed by atoms with van der Waals surface area (Å²) in [6.45, 7) is 2.85. The maximum absolute atomic E-state index is 12.4. The lowest BCUT2D eigenvalue weighted by molar-refractivity contribution is 0.0394. The third-order valence-corrected chi connectivity index (χ3v) is 6.84. The molecule has 0 radical (unpaired) electrons. The minimum Gasteiger partial charge on any atom is -0.508 e. The molecule has 11 heteroatoms. The molecule has 0 saturated carbocycles. The maximum atomic E-state index is 12.4. The highest BCUT2D eigenvalue weighted by Crippen LogP contribution is 2.24. The fraction of sp³-hybridized carbons (Fsp3) is 0.387. The van der Waals surface area contributed by atoms with Crippen LogP contribution in [0.4, 0.5) is 16.2 Å². The number of benzene rings is 3. The molecular weight excluding hydrogens is 581 g/mol. The minimum atomic E-state index is -0.699. The van der Waals surface area contributed by atoms with Gasteiger partial charge in [-0.25, -0.2) is 4.79 Å². The number of nitrogens with one attached hydrogen (secondary N) is 3. The van der Waals surface area contributed by atoms with Gasteiger partial charge in [-0.3, -0.25) is 0 Å². The van der Waals surface area contributed by atoms with Crippen LogP contribution in [0.15, 0.2) is 60.7 Å².